The van der Waals surface area contributed by atoms with Crippen molar-refractivity contribution in [2.75, 3.05) is 0 Å². The van der Waals surface area contributed by atoms with Crippen LogP contribution >= 0.6 is 11.3 Å². The summed E-state index contributed by atoms with van der Waals surface area (Å²) in [7, 11) is 0. The monoisotopic (exact) mass is 1250 g/mol. The van der Waals surface area contributed by atoms with Crippen LogP contribution in [0.3, 0.4) is 0 Å². The maximum atomic E-state index is 13.7. The average molecular weight is 1250 g/mol. The van der Waals surface area contributed by atoms with E-state index in [-0.39, 0.29) is 0 Å². The number of rotatable bonds is 9. The molecule has 0 saturated heterocycles. The number of hydrogen-bond acceptors (Lipinski definition) is 3. The van der Waals surface area contributed by atoms with Crippen molar-refractivity contribution in [3.05, 3.63) is 333 Å². The lowest BCUT2D eigenvalue weighted by atomic mass is 9.92. The predicted molar refractivity (Wildman–Crippen MR) is 406 cm³/mol. The highest BCUT2D eigenvalue weighted by molar-refractivity contribution is 7.26. The van der Waals surface area contributed by atoms with Gasteiger partial charge in [-0.25, -0.2) is 0 Å². The predicted octanol–water partition coefficient (Wildman–Crippen LogP) is 24.0. The van der Waals surface area contributed by atoms with Gasteiger partial charge in [-0.15, -0.1) is 11.3 Å². The van der Waals surface area contributed by atoms with Gasteiger partial charge in [-0.2, -0.15) is 5.26 Å². The maximum Gasteiger partial charge on any atom is 0.104 e. The van der Waals surface area contributed by atoms with E-state index in [0.717, 1.165) is 186 Å². The van der Waals surface area contributed by atoms with Crippen LogP contribution in [0.25, 0.3) is 186 Å². The molecule has 14 aromatic carbocycles. The fourth-order valence-corrected chi connectivity index (χ4v) is 17.0. The van der Waals surface area contributed by atoms with Crippen molar-refractivity contribution in [2.24, 2.45) is 0 Å². The lowest BCUT2D eigenvalue weighted by Gasteiger charge is -2.29. The van der Waals surface area contributed by atoms with E-state index in [9.17, 15) is 5.26 Å². The number of para-hydroxylation sites is 4. The van der Waals surface area contributed by atoms with Crippen LogP contribution in [-0.4, -0.2) is 23.3 Å². The standard InChI is InChI=1S/C90H54N6S/c91-54-74-86(93-76-36-17-13-30-64(76)68-44-40-60(50-80(68)93)56-22-5-1-6-23-56)88(95-78-38-19-15-32-66(78)70-46-42-62(52-82(70)95)58-26-9-3-10-27-58)85(73-35-21-34-72-75-55-92-49-48-84(75)97-90(72)73)89(96-79-39-20-16-33-67(79)71-47-43-63(53-83(71)96)59-28-11-4-12-29-59)87(74)94-77-37-18-14-31-65(77)69-45-41-61(51-81(69)94)57-24-7-2-8-25-57/h1-53,55H. The van der Waals surface area contributed by atoms with Gasteiger partial charge < -0.3 is 18.3 Å². The van der Waals surface area contributed by atoms with Crippen molar-refractivity contribution in [2.45, 2.75) is 0 Å². The second-order valence-electron chi connectivity index (χ2n) is 25.2. The second kappa shape index (κ2) is 21.6. The number of fused-ring (bicyclic) bond motifs is 15. The van der Waals surface area contributed by atoms with E-state index in [1.165, 1.54) is 0 Å². The SMILES string of the molecule is N#Cc1c(-n2c3ccccc3c3ccc(-c4ccccc4)cc32)c(-n2c3ccccc3c3ccc(-c4ccccc4)cc32)c(-c2cccc3c2sc2ccncc23)c(-n2c3ccccc3c3ccc(-c4ccccc4)cc32)c1-n1c2ccccc2c2ccc(-c3ccccc3)cc21. The van der Waals surface area contributed by atoms with Crippen molar-refractivity contribution in [3.63, 3.8) is 0 Å². The topological polar surface area (TPSA) is 56.4 Å². The Labute approximate surface area is 561 Å². The molecule has 7 heteroatoms. The summed E-state index contributed by atoms with van der Waals surface area (Å²) in [6.45, 7) is 0. The van der Waals surface area contributed by atoms with Crippen molar-refractivity contribution in [3.8, 4) is 84.5 Å². The molecule has 6 heterocycles. The lowest BCUT2D eigenvalue weighted by molar-refractivity contribution is 1.04. The maximum absolute atomic E-state index is 13.7. The second-order valence-corrected chi connectivity index (χ2v) is 26.3. The molecular weight excluding hydrogens is 1200 g/mol. The Bertz CT molecular complexity index is 6340. The quantitative estimate of drug-likeness (QED) is 0.145. The molecule has 0 aliphatic rings. The Morgan fingerprint density at radius 3 is 0.948 bits per heavy atom. The van der Waals surface area contributed by atoms with Crippen LogP contribution in [0.5, 0.6) is 0 Å². The van der Waals surface area contributed by atoms with E-state index < -0.39 is 0 Å². The molecule has 0 bridgehead atoms. The van der Waals surface area contributed by atoms with E-state index in [1.54, 1.807) is 11.3 Å². The van der Waals surface area contributed by atoms with Crippen LogP contribution in [0, 0.1) is 11.3 Å². The molecule has 20 aromatic rings. The Hall–Kier alpha value is -12.9. The van der Waals surface area contributed by atoms with Crippen LogP contribution in [0.1, 0.15) is 5.56 Å². The zero-order chi connectivity index (χ0) is 63.8. The third-order valence-electron chi connectivity index (χ3n) is 20.1. The molecule has 0 spiro atoms. The first kappa shape index (κ1) is 54.7. The largest absolute Gasteiger partial charge is 0.306 e. The van der Waals surface area contributed by atoms with Crippen molar-refractivity contribution < 1.29 is 0 Å². The normalized spacial score (nSPS) is 11.9. The van der Waals surface area contributed by atoms with Crippen molar-refractivity contribution in [1.82, 2.24) is 23.3 Å². The molecule has 0 unspecified atom stereocenters. The summed E-state index contributed by atoms with van der Waals surface area (Å²) in [4.78, 5) is 4.80. The van der Waals surface area contributed by atoms with Gasteiger partial charge in [0.05, 0.1) is 66.9 Å². The van der Waals surface area contributed by atoms with Gasteiger partial charge in [-0.05, 0) is 99.1 Å². The van der Waals surface area contributed by atoms with Crippen molar-refractivity contribution >= 4 is 119 Å². The minimum absolute atomic E-state index is 0.497. The van der Waals surface area contributed by atoms with Gasteiger partial charge in [0.15, 0.2) is 0 Å². The van der Waals surface area contributed by atoms with E-state index in [1.807, 2.05) is 12.4 Å². The molecule has 0 aliphatic heterocycles. The van der Waals surface area contributed by atoms with E-state index in [4.69, 9.17) is 4.98 Å². The van der Waals surface area contributed by atoms with Crippen LogP contribution in [0.2, 0.25) is 0 Å². The van der Waals surface area contributed by atoms with Crippen LogP contribution in [0.4, 0.5) is 0 Å². The fraction of sp³-hybridized carbons (Fsp3) is 0. The molecule has 0 aliphatic carbocycles. The molecule has 0 atom stereocenters. The van der Waals surface area contributed by atoms with Crippen LogP contribution in [-0.2, 0) is 0 Å². The minimum Gasteiger partial charge on any atom is -0.306 e. The summed E-state index contributed by atoms with van der Waals surface area (Å²) < 4.78 is 12.2. The first-order valence-electron chi connectivity index (χ1n) is 32.9. The molecule has 97 heavy (non-hydrogen) atoms. The highest BCUT2D eigenvalue weighted by Gasteiger charge is 2.36. The number of nitrogens with zero attached hydrogens (tertiary/aromatic N) is 6. The Morgan fingerprint density at radius 1 is 0.268 bits per heavy atom. The third-order valence-corrected chi connectivity index (χ3v) is 21.3. The Balaban J connectivity index is 1.12. The van der Waals surface area contributed by atoms with Crippen LogP contribution in [0.15, 0.2) is 328 Å². The van der Waals surface area contributed by atoms with Gasteiger partial charge in [0, 0.05) is 86.8 Å². The molecule has 6 aromatic heterocycles. The zero-order valence-corrected chi connectivity index (χ0v) is 53.1. The molecular formula is C90H54N6S. The summed E-state index contributed by atoms with van der Waals surface area (Å²) in [5.74, 6) is 0. The highest BCUT2D eigenvalue weighted by atomic mass is 32.1. The average Bonchev–Trinajstić information content (AvgIpc) is 1.49. The molecule has 0 radical (unpaired) electrons. The smallest absolute Gasteiger partial charge is 0.104 e. The van der Waals surface area contributed by atoms with Gasteiger partial charge in [0.2, 0.25) is 0 Å². The number of nitriles is 1. The number of pyridine rings is 1. The number of hydrogen-bond donors (Lipinski definition) is 0. The summed E-state index contributed by atoms with van der Waals surface area (Å²) >= 11 is 1.80. The van der Waals surface area contributed by atoms with Crippen LogP contribution < -0.4 is 0 Å². The lowest BCUT2D eigenvalue weighted by Crippen LogP contribution is -2.16. The summed E-state index contributed by atoms with van der Waals surface area (Å²) in [5.41, 5.74) is 22.3. The van der Waals surface area contributed by atoms with E-state index >= 15 is 0 Å². The van der Waals surface area contributed by atoms with E-state index in [2.05, 4.69) is 340 Å². The van der Waals surface area contributed by atoms with Gasteiger partial charge in [0.25, 0.3) is 0 Å². The number of aromatic nitrogens is 5. The summed E-state index contributed by atoms with van der Waals surface area (Å²) in [6.07, 6.45) is 3.94. The molecule has 0 N–H and O–H groups in total. The fourth-order valence-electron chi connectivity index (χ4n) is 15.9. The summed E-state index contributed by atoms with van der Waals surface area (Å²) in [5, 5.41) is 24.5. The Kier molecular flexibility index (Phi) is 12.2. The molecule has 0 amide bonds. The van der Waals surface area contributed by atoms with Gasteiger partial charge in [-0.1, -0.05) is 261 Å². The Morgan fingerprint density at radius 2 is 0.588 bits per heavy atom. The van der Waals surface area contributed by atoms with E-state index in [0.29, 0.717) is 5.56 Å². The minimum atomic E-state index is 0.497. The molecule has 450 valence electrons. The van der Waals surface area contributed by atoms with Gasteiger partial charge in [-0.3, -0.25) is 4.98 Å². The van der Waals surface area contributed by atoms with Gasteiger partial charge in [0.1, 0.15) is 11.6 Å². The molecule has 20 rings (SSSR count). The third kappa shape index (κ3) is 8.21. The number of thiophene rings is 1. The highest BCUT2D eigenvalue weighted by Crippen LogP contribution is 2.55. The number of benzene rings is 14. The summed E-state index contributed by atoms with van der Waals surface area (Å²) in [6, 6.07) is 118. The zero-order valence-electron chi connectivity index (χ0n) is 52.3. The molecule has 0 fully saturated rings. The molecule has 6 nitrogen and oxygen atoms in total. The first-order chi connectivity index (χ1) is 48.1. The first-order valence-corrected chi connectivity index (χ1v) is 33.7. The molecule has 0 saturated carbocycles. The van der Waals surface area contributed by atoms with Crippen molar-refractivity contribution in [1.29, 1.82) is 5.26 Å². The van der Waals surface area contributed by atoms with Gasteiger partial charge >= 0.3 is 0 Å².